The fourth-order valence-corrected chi connectivity index (χ4v) is 5.15. The fraction of sp³-hybridized carbons (Fsp3) is 0.500. The topological polar surface area (TPSA) is 58.2 Å². The molecule has 92 valence electrons. The highest BCUT2D eigenvalue weighted by Crippen LogP contribution is 2.35. The molecule has 1 rings (SSSR count). The van der Waals surface area contributed by atoms with Crippen LogP contribution in [0.5, 0.6) is 0 Å². The van der Waals surface area contributed by atoms with E-state index in [1.807, 2.05) is 6.92 Å². The van der Waals surface area contributed by atoms with E-state index in [1.54, 1.807) is 5.38 Å². The van der Waals surface area contributed by atoms with Crippen LogP contribution in [-0.4, -0.2) is 28.1 Å². The zero-order valence-electron chi connectivity index (χ0n) is 8.59. The number of hydrogen-bond donors (Lipinski definition) is 2. The van der Waals surface area contributed by atoms with E-state index in [2.05, 4.69) is 41.9 Å². The molecule has 0 unspecified atom stereocenters. The number of halogens is 2. The van der Waals surface area contributed by atoms with Crippen LogP contribution < -0.4 is 10.0 Å². The highest BCUT2D eigenvalue weighted by molar-refractivity contribution is 9.13. The lowest BCUT2D eigenvalue weighted by Crippen LogP contribution is -2.31. The Bertz CT molecular complexity index is 445. The van der Waals surface area contributed by atoms with Crippen LogP contribution in [0.3, 0.4) is 0 Å². The molecule has 0 aliphatic heterocycles. The summed E-state index contributed by atoms with van der Waals surface area (Å²) < 4.78 is 27.9. The Morgan fingerprint density at radius 2 is 2.06 bits per heavy atom. The SMILES string of the molecule is CCNCCNS(=O)(=O)c1scc(Br)c1Br. The summed E-state index contributed by atoms with van der Waals surface area (Å²) in [4.78, 5) is 0. The number of rotatable bonds is 6. The summed E-state index contributed by atoms with van der Waals surface area (Å²) in [6.45, 7) is 3.81. The summed E-state index contributed by atoms with van der Waals surface area (Å²) in [5.74, 6) is 0. The zero-order valence-corrected chi connectivity index (χ0v) is 13.4. The molecule has 2 N–H and O–H groups in total. The highest BCUT2D eigenvalue weighted by Gasteiger charge is 2.20. The van der Waals surface area contributed by atoms with Crippen LogP contribution in [0.2, 0.25) is 0 Å². The lowest BCUT2D eigenvalue weighted by Gasteiger charge is -2.05. The maximum atomic E-state index is 11.9. The lowest BCUT2D eigenvalue weighted by molar-refractivity contribution is 0.579. The van der Waals surface area contributed by atoms with Gasteiger partial charge in [0.1, 0.15) is 4.21 Å². The van der Waals surface area contributed by atoms with Crippen LogP contribution >= 0.6 is 43.2 Å². The molecular weight excluding hydrogens is 380 g/mol. The van der Waals surface area contributed by atoms with Gasteiger partial charge in [-0.25, -0.2) is 13.1 Å². The van der Waals surface area contributed by atoms with Crippen molar-refractivity contribution in [2.24, 2.45) is 0 Å². The molecule has 0 aliphatic carbocycles. The molecule has 0 radical (unpaired) electrons. The van der Waals surface area contributed by atoms with Crippen molar-refractivity contribution >= 4 is 53.2 Å². The van der Waals surface area contributed by atoms with Gasteiger partial charge in [-0.1, -0.05) is 6.92 Å². The molecule has 0 aliphatic rings. The number of likely N-dealkylation sites (N-methyl/N-ethyl adjacent to an activating group) is 1. The van der Waals surface area contributed by atoms with Gasteiger partial charge in [0.25, 0.3) is 10.0 Å². The molecule has 1 aromatic rings. The van der Waals surface area contributed by atoms with Gasteiger partial charge < -0.3 is 5.32 Å². The third kappa shape index (κ3) is 3.78. The summed E-state index contributed by atoms with van der Waals surface area (Å²) in [7, 11) is -3.40. The van der Waals surface area contributed by atoms with E-state index in [0.717, 1.165) is 11.0 Å². The van der Waals surface area contributed by atoms with Crippen molar-refractivity contribution in [2.75, 3.05) is 19.6 Å². The minimum Gasteiger partial charge on any atom is -0.316 e. The molecule has 0 saturated heterocycles. The summed E-state index contributed by atoms with van der Waals surface area (Å²) in [5.41, 5.74) is 0. The van der Waals surface area contributed by atoms with Crippen molar-refractivity contribution in [3.05, 3.63) is 14.3 Å². The molecule has 4 nitrogen and oxygen atoms in total. The zero-order chi connectivity index (χ0) is 12.2. The van der Waals surface area contributed by atoms with E-state index in [0.29, 0.717) is 21.8 Å². The molecule has 0 fully saturated rings. The molecular formula is C8H12Br2N2O2S2. The molecule has 0 aromatic carbocycles. The highest BCUT2D eigenvalue weighted by atomic mass is 79.9. The number of hydrogen-bond acceptors (Lipinski definition) is 4. The number of nitrogens with one attached hydrogen (secondary N) is 2. The van der Waals surface area contributed by atoms with Gasteiger partial charge in [-0.2, -0.15) is 0 Å². The summed E-state index contributed by atoms with van der Waals surface area (Å²) in [5, 5.41) is 4.79. The van der Waals surface area contributed by atoms with E-state index in [1.165, 1.54) is 11.3 Å². The molecule has 0 atom stereocenters. The van der Waals surface area contributed by atoms with E-state index in [-0.39, 0.29) is 0 Å². The molecule has 0 saturated carbocycles. The summed E-state index contributed by atoms with van der Waals surface area (Å²) in [6, 6.07) is 0. The van der Waals surface area contributed by atoms with Crippen molar-refractivity contribution in [3.63, 3.8) is 0 Å². The summed E-state index contributed by atoms with van der Waals surface area (Å²) in [6.07, 6.45) is 0. The quantitative estimate of drug-likeness (QED) is 0.730. The molecule has 1 heterocycles. The van der Waals surface area contributed by atoms with Crippen molar-refractivity contribution in [1.29, 1.82) is 0 Å². The normalized spacial score (nSPS) is 11.9. The first-order valence-electron chi connectivity index (χ1n) is 4.62. The third-order valence-electron chi connectivity index (χ3n) is 1.75. The van der Waals surface area contributed by atoms with Gasteiger partial charge in [0.05, 0.1) is 4.47 Å². The van der Waals surface area contributed by atoms with E-state index in [4.69, 9.17) is 0 Å². The lowest BCUT2D eigenvalue weighted by atomic mass is 10.6. The summed E-state index contributed by atoms with van der Waals surface area (Å²) >= 11 is 7.68. The van der Waals surface area contributed by atoms with Gasteiger partial charge >= 0.3 is 0 Å². The minimum atomic E-state index is -3.40. The molecule has 0 spiro atoms. The standard InChI is InChI=1S/C8H12Br2N2O2S2/c1-2-11-3-4-12-16(13,14)8-7(10)6(9)5-15-8/h5,11-12H,2-4H2,1H3. The van der Waals surface area contributed by atoms with E-state index < -0.39 is 10.0 Å². The first-order valence-corrected chi connectivity index (χ1v) is 8.56. The Balaban J connectivity index is 2.68. The van der Waals surface area contributed by atoms with Gasteiger partial charge in [-0.15, -0.1) is 11.3 Å². The Morgan fingerprint density at radius 3 is 2.56 bits per heavy atom. The first kappa shape index (κ1) is 14.6. The second kappa shape index (κ2) is 6.46. The minimum absolute atomic E-state index is 0.302. The average molecular weight is 392 g/mol. The molecule has 0 bridgehead atoms. The van der Waals surface area contributed by atoms with Gasteiger partial charge in [-0.05, 0) is 38.4 Å². The Morgan fingerprint density at radius 1 is 1.38 bits per heavy atom. The van der Waals surface area contributed by atoms with E-state index in [9.17, 15) is 8.42 Å². The monoisotopic (exact) mass is 390 g/mol. The molecule has 8 heteroatoms. The van der Waals surface area contributed by atoms with Crippen molar-refractivity contribution < 1.29 is 8.42 Å². The van der Waals surface area contributed by atoms with Gasteiger partial charge in [0, 0.05) is 22.9 Å². The Kier molecular flexibility index (Phi) is 5.89. The van der Waals surface area contributed by atoms with Crippen LogP contribution in [0, 0.1) is 0 Å². The fourth-order valence-electron chi connectivity index (χ4n) is 1.00. The van der Waals surface area contributed by atoms with Crippen LogP contribution in [0.25, 0.3) is 0 Å². The Labute approximate surface area is 116 Å². The average Bonchev–Trinajstić information content (AvgIpc) is 2.55. The van der Waals surface area contributed by atoms with Crippen LogP contribution in [0.1, 0.15) is 6.92 Å². The second-order valence-corrected chi connectivity index (χ2v) is 7.43. The smallest absolute Gasteiger partial charge is 0.251 e. The van der Waals surface area contributed by atoms with Crippen LogP contribution in [0.15, 0.2) is 18.5 Å². The Hall–Kier alpha value is 0.530. The maximum Gasteiger partial charge on any atom is 0.251 e. The molecule has 16 heavy (non-hydrogen) atoms. The third-order valence-corrected chi connectivity index (χ3v) is 7.55. The second-order valence-electron chi connectivity index (χ2n) is 2.94. The van der Waals surface area contributed by atoms with Crippen LogP contribution in [-0.2, 0) is 10.0 Å². The van der Waals surface area contributed by atoms with Crippen LogP contribution in [0.4, 0.5) is 0 Å². The predicted molar refractivity (Wildman–Crippen MR) is 73.5 cm³/mol. The number of thiophene rings is 1. The first-order chi connectivity index (χ1) is 7.49. The number of sulfonamides is 1. The van der Waals surface area contributed by atoms with E-state index >= 15 is 0 Å². The maximum absolute atomic E-state index is 11.9. The van der Waals surface area contributed by atoms with Gasteiger partial charge in [0.2, 0.25) is 0 Å². The predicted octanol–water partition coefficient (Wildman–Crippen LogP) is 2.16. The molecule has 0 amide bonds. The van der Waals surface area contributed by atoms with Gasteiger partial charge in [-0.3, -0.25) is 0 Å². The van der Waals surface area contributed by atoms with Gasteiger partial charge in [0.15, 0.2) is 0 Å². The van der Waals surface area contributed by atoms with Crippen molar-refractivity contribution in [3.8, 4) is 0 Å². The van der Waals surface area contributed by atoms with Crippen molar-refractivity contribution in [1.82, 2.24) is 10.0 Å². The van der Waals surface area contributed by atoms with Crippen molar-refractivity contribution in [2.45, 2.75) is 11.1 Å². The largest absolute Gasteiger partial charge is 0.316 e. The molecule has 1 aromatic heterocycles.